The van der Waals surface area contributed by atoms with Gasteiger partial charge in [0, 0.05) is 50.3 Å². The van der Waals surface area contributed by atoms with Crippen LogP contribution in [0.3, 0.4) is 0 Å². The summed E-state index contributed by atoms with van der Waals surface area (Å²) in [7, 11) is 0. The Kier molecular flexibility index (Phi) is 4.86. The zero-order valence-corrected chi connectivity index (χ0v) is 14.7. The van der Waals surface area contributed by atoms with Gasteiger partial charge in [0.1, 0.15) is 18.0 Å². The molecular weight excluding hydrogens is 342 g/mol. The molecule has 27 heavy (non-hydrogen) atoms. The van der Waals surface area contributed by atoms with Crippen LogP contribution in [-0.4, -0.2) is 52.0 Å². The highest BCUT2D eigenvalue weighted by Gasteiger charge is 2.19. The number of benzene rings is 1. The number of nitrogens with one attached hydrogen (secondary N) is 1. The van der Waals surface area contributed by atoms with Gasteiger partial charge in [0.25, 0.3) is 5.91 Å². The number of hydrogen-bond acceptors (Lipinski definition) is 7. The van der Waals surface area contributed by atoms with Crippen LogP contribution in [0.25, 0.3) is 0 Å². The molecular formula is C19H19N7O. The SMILES string of the molecule is O=C(Nc1cc(N2CCN(c3ccccc3)CC2)ncn1)c1ncccn1. The van der Waals surface area contributed by atoms with Crippen LogP contribution in [0, 0.1) is 0 Å². The monoisotopic (exact) mass is 361 g/mol. The minimum Gasteiger partial charge on any atom is -0.368 e. The van der Waals surface area contributed by atoms with E-state index in [0.29, 0.717) is 5.82 Å². The number of rotatable bonds is 4. The van der Waals surface area contributed by atoms with Crippen LogP contribution in [0.5, 0.6) is 0 Å². The summed E-state index contributed by atoms with van der Waals surface area (Å²) in [5.41, 5.74) is 1.23. The lowest BCUT2D eigenvalue weighted by Crippen LogP contribution is -2.46. The van der Waals surface area contributed by atoms with Crippen molar-refractivity contribution in [1.82, 2.24) is 19.9 Å². The summed E-state index contributed by atoms with van der Waals surface area (Å²) >= 11 is 0. The molecule has 0 saturated carbocycles. The van der Waals surface area contributed by atoms with Crippen molar-refractivity contribution in [2.75, 3.05) is 41.3 Å². The predicted octanol–water partition coefficient (Wildman–Crippen LogP) is 1.85. The summed E-state index contributed by atoms with van der Waals surface area (Å²) in [6.45, 7) is 3.52. The fourth-order valence-electron chi connectivity index (χ4n) is 3.01. The average molecular weight is 361 g/mol. The lowest BCUT2D eigenvalue weighted by atomic mass is 10.2. The van der Waals surface area contributed by atoms with Crippen LogP contribution in [0.2, 0.25) is 0 Å². The predicted molar refractivity (Wildman–Crippen MR) is 103 cm³/mol. The first kappa shape index (κ1) is 16.9. The zero-order valence-electron chi connectivity index (χ0n) is 14.7. The Morgan fingerprint density at radius 3 is 2.30 bits per heavy atom. The third-order valence-electron chi connectivity index (χ3n) is 4.39. The Balaban J connectivity index is 1.40. The van der Waals surface area contributed by atoms with Gasteiger partial charge in [0.05, 0.1) is 0 Å². The van der Waals surface area contributed by atoms with Crippen molar-refractivity contribution >= 4 is 23.2 Å². The molecule has 0 unspecified atom stereocenters. The largest absolute Gasteiger partial charge is 0.368 e. The molecule has 1 aliphatic heterocycles. The van der Waals surface area contributed by atoms with Gasteiger partial charge in [-0.3, -0.25) is 4.79 Å². The quantitative estimate of drug-likeness (QED) is 0.759. The fourth-order valence-corrected chi connectivity index (χ4v) is 3.01. The number of anilines is 3. The summed E-state index contributed by atoms with van der Waals surface area (Å²) < 4.78 is 0. The van der Waals surface area contributed by atoms with Crippen molar-refractivity contribution in [2.45, 2.75) is 0 Å². The van der Waals surface area contributed by atoms with Gasteiger partial charge in [-0.15, -0.1) is 0 Å². The first-order valence-corrected chi connectivity index (χ1v) is 8.75. The minimum absolute atomic E-state index is 0.106. The van der Waals surface area contributed by atoms with Gasteiger partial charge in [-0.1, -0.05) is 18.2 Å². The van der Waals surface area contributed by atoms with Crippen LogP contribution < -0.4 is 15.1 Å². The number of hydrogen-bond donors (Lipinski definition) is 1. The second-order valence-corrected chi connectivity index (χ2v) is 6.10. The fraction of sp³-hybridized carbons (Fsp3) is 0.211. The van der Waals surface area contributed by atoms with Gasteiger partial charge in [-0.25, -0.2) is 19.9 Å². The molecule has 0 bridgehead atoms. The van der Waals surface area contributed by atoms with Gasteiger partial charge in [0.15, 0.2) is 0 Å². The Morgan fingerprint density at radius 1 is 0.852 bits per heavy atom. The van der Waals surface area contributed by atoms with Crippen molar-refractivity contribution in [3.8, 4) is 0 Å². The first-order valence-electron chi connectivity index (χ1n) is 8.75. The van der Waals surface area contributed by atoms with Gasteiger partial charge in [-0.05, 0) is 18.2 Å². The first-order chi connectivity index (χ1) is 13.3. The Morgan fingerprint density at radius 2 is 1.56 bits per heavy atom. The molecule has 8 heteroatoms. The number of nitrogens with zero attached hydrogens (tertiary/aromatic N) is 6. The molecule has 1 N–H and O–H groups in total. The average Bonchev–Trinajstić information content (AvgIpc) is 2.75. The number of piperazine rings is 1. The number of carbonyl (C=O) groups excluding carboxylic acids is 1. The second-order valence-electron chi connectivity index (χ2n) is 6.10. The number of amides is 1. The van der Waals surface area contributed by atoms with E-state index in [1.54, 1.807) is 12.1 Å². The molecule has 2 aromatic heterocycles. The molecule has 1 saturated heterocycles. The normalized spacial score (nSPS) is 14.1. The highest BCUT2D eigenvalue weighted by molar-refractivity contribution is 6.00. The summed E-state index contributed by atoms with van der Waals surface area (Å²) in [5.74, 6) is 0.938. The maximum atomic E-state index is 12.2. The van der Waals surface area contributed by atoms with E-state index in [0.717, 1.165) is 32.0 Å². The molecule has 0 atom stereocenters. The zero-order chi connectivity index (χ0) is 18.5. The number of para-hydroxylation sites is 1. The third-order valence-corrected chi connectivity index (χ3v) is 4.39. The van der Waals surface area contributed by atoms with E-state index in [4.69, 9.17) is 0 Å². The maximum absolute atomic E-state index is 12.2. The van der Waals surface area contributed by atoms with Crippen molar-refractivity contribution in [3.05, 3.63) is 67.0 Å². The highest BCUT2D eigenvalue weighted by atomic mass is 16.2. The maximum Gasteiger partial charge on any atom is 0.294 e. The molecule has 4 rings (SSSR count). The van der Waals surface area contributed by atoms with E-state index in [1.807, 2.05) is 6.07 Å². The Labute approximate surface area is 156 Å². The minimum atomic E-state index is -0.394. The van der Waals surface area contributed by atoms with E-state index in [-0.39, 0.29) is 5.82 Å². The Hall–Kier alpha value is -3.55. The van der Waals surface area contributed by atoms with Crippen molar-refractivity contribution in [1.29, 1.82) is 0 Å². The molecule has 3 aromatic rings. The topological polar surface area (TPSA) is 87.1 Å². The van der Waals surface area contributed by atoms with Crippen molar-refractivity contribution in [2.24, 2.45) is 0 Å². The molecule has 0 spiro atoms. The second kappa shape index (κ2) is 7.77. The van der Waals surface area contributed by atoms with E-state index in [9.17, 15) is 4.79 Å². The lowest BCUT2D eigenvalue weighted by molar-refractivity contribution is 0.101. The summed E-state index contributed by atoms with van der Waals surface area (Å²) in [6.07, 6.45) is 4.51. The molecule has 3 heterocycles. The van der Waals surface area contributed by atoms with Crippen LogP contribution in [0.1, 0.15) is 10.6 Å². The van der Waals surface area contributed by atoms with E-state index in [1.165, 1.54) is 24.4 Å². The van der Waals surface area contributed by atoms with Gasteiger partial charge in [-0.2, -0.15) is 0 Å². The standard InChI is InChI=1S/C19H19N7O/c27-19(18-20-7-4-8-21-18)24-16-13-17(23-14-22-16)26-11-9-25(10-12-26)15-5-2-1-3-6-15/h1-8,13-14H,9-12H2,(H,22,23,24,27). The van der Waals surface area contributed by atoms with Crippen LogP contribution in [0.4, 0.5) is 17.3 Å². The van der Waals surface area contributed by atoms with Crippen LogP contribution >= 0.6 is 0 Å². The molecule has 8 nitrogen and oxygen atoms in total. The highest BCUT2D eigenvalue weighted by Crippen LogP contribution is 2.20. The van der Waals surface area contributed by atoms with Gasteiger partial charge in [0.2, 0.25) is 5.82 Å². The van der Waals surface area contributed by atoms with Gasteiger partial charge >= 0.3 is 0 Å². The number of aromatic nitrogens is 4. The lowest BCUT2D eigenvalue weighted by Gasteiger charge is -2.36. The molecule has 1 amide bonds. The molecule has 0 aliphatic carbocycles. The Bertz CT molecular complexity index is 896. The third kappa shape index (κ3) is 4.00. The van der Waals surface area contributed by atoms with E-state index >= 15 is 0 Å². The van der Waals surface area contributed by atoms with Crippen LogP contribution in [-0.2, 0) is 0 Å². The molecule has 0 radical (unpaired) electrons. The molecule has 1 fully saturated rings. The summed E-state index contributed by atoms with van der Waals surface area (Å²) in [4.78, 5) is 33.1. The molecule has 136 valence electrons. The van der Waals surface area contributed by atoms with Gasteiger partial charge < -0.3 is 15.1 Å². The van der Waals surface area contributed by atoms with Crippen molar-refractivity contribution in [3.63, 3.8) is 0 Å². The smallest absolute Gasteiger partial charge is 0.294 e. The van der Waals surface area contributed by atoms with Crippen LogP contribution in [0.15, 0.2) is 61.2 Å². The van der Waals surface area contributed by atoms with E-state index < -0.39 is 5.91 Å². The molecule has 1 aliphatic rings. The molecule has 1 aromatic carbocycles. The van der Waals surface area contributed by atoms with Crippen molar-refractivity contribution < 1.29 is 4.79 Å². The number of carbonyl (C=O) groups is 1. The summed E-state index contributed by atoms with van der Waals surface area (Å²) in [5, 5.41) is 2.72. The van der Waals surface area contributed by atoms with E-state index in [2.05, 4.69) is 59.3 Å². The summed E-state index contributed by atoms with van der Waals surface area (Å²) in [6, 6.07) is 13.8.